The Morgan fingerprint density at radius 2 is 0.905 bits per heavy atom. The molecular formula is C20H15In. The van der Waals surface area contributed by atoms with Crippen LogP contribution >= 0.6 is 0 Å². The first-order valence-corrected chi connectivity index (χ1v) is 10.5. The Hall–Kier alpha value is -1.73. The van der Waals surface area contributed by atoms with Gasteiger partial charge in [0.25, 0.3) is 0 Å². The van der Waals surface area contributed by atoms with Gasteiger partial charge >= 0.3 is 136 Å². The average molecular weight is 370 g/mol. The molecule has 0 nitrogen and oxygen atoms in total. The van der Waals surface area contributed by atoms with E-state index in [0.717, 1.165) is 0 Å². The molecule has 0 aliphatic heterocycles. The number of hydrogen-bond acceptors (Lipinski definition) is 0. The van der Waals surface area contributed by atoms with Gasteiger partial charge in [-0.1, -0.05) is 0 Å². The molecule has 0 saturated carbocycles. The second-order valence-corrected chi connectivity index (χ2v) is 9.66. The molecule has 0 aromatic heterocycles. The first-order valence-electron chi connectivity index (χ1n) is 7.22. The molecule has 0 saturated heterocycles. The van der Waals surface area contributed by atoms with Crippen LogP contribution in [0.2, 0.25) is 0 Å². The van der Waals surface area contributed by atoms with Crippen molar-refractivity contribution in [3.8, 4) is 0 Å². The molecule has 0 atom stereocenters. The molecule has 98 valence electrons. The zero-order valence-electron chi connectivity index (χ0n) is 12.7. The van der Waals surface area contributed by atoms with Gasteiger partial charge in [0.2, 0.25) is 0 Å². The van der Waals surface area contributed by atoms with E-state index in [1.807, 2.05) is 0 Å². The molecule has 0 N–H and O–H groups in total. The first kappa shape index (κ1) is 13.0. The number of fused-ring (bicyclic) bond motifs is 2. The van der Waals surface area contributed by atoms with Crippen molar-refractivity contribution in [3.05, 3.63) is 84.9 Å². The first-order chi connectivity index (χ1) is 10.4. The molecule has 4 aromatic rings. The van der Waals surface area contributed by atoms with Crippen molar-refractivity contribution in [1.29, 1.82) is 0 Å². The fourth-order valence-electron chi connectivity index (χ4n) is 2.92. The van der Waals surface area contributed by atoms with E-state index in [4.69, 9.17) is 0 Å². The quantitative estimate of drug-likeness (QED) is 0.504. The summed E-state index contributed by atoms with van der Waals surface area (Å²) in [5.74, 6) is 0. The third kappa shape index (κ3) is 2.47. The molecule has 0 heterocycles. The van der Waals surface area contributed by atoms with E-state index in [0.29, 0.717) is 0 Å². The van der Waals surface area contributed by atoms with Crippen LogP contribution in [0, 0.1) is 0 Å². The van der Waals surface area contributed by atoms with Crippen LogP contribution in [0.3, 0.4) is 0 Å². The van der Waals surface area contributed by atoms with Crippen molar-refractivity contribution >= 4 is 51.1 Å². The van der Waals surface area contributed by atoms with Gasteiger partial charge in [0, 0.05) is 0 Å². The number of benzene rings is 4. The Morgan fingerprint density at radius 3 is 1.43 bits per heavy atom. The Kier molecular flexibility index (Phi) is 3.44. The Balaban J connectivity index is 0.00000144. The molecule has 0 aliphatic rings. The molecule has 21 heavy (non-hydrogen) atoms. The van der Waals surface area contributed by atoms with Crippen LogP contribution in [-0.2, 0) is 0 Å². The molecule has 0 aliphatic carbocycles. The number of rotatable bonds is 2. The maximum absolute atomic E-state index is 2.32. The van der Waals surface area contributed by atoms with Gasteiger partial charge in [-0.2, -0.15) is 0 Å². The summed E-state index contributed by atoms with van der Waals surface area (Å²) in [7, 11) is 0. The molecule has 4 aromatic carbocycles. The molecule has 0 bridgehead atoms. The second kappa shape index (κ2) is 5.57. The van der Waals surface area contributed by atoms with E-state index < -0.39 is 22.9 Å². The predicted octanol–water partition coefficient (Wildman–Crippen LogP) is 3.76. The van der Waals surface area contributed by atoms with E-state index in [1.54, 1.807) is 6.64 Å². The van der Waals surface area contributed by atoms with Crippen LogP contribution in [0.5, 0.6) is 0 Å². The monoisotopic (exact) mass is 370 g/mol. The van der Waals surface area contributed by atoms with Gasteiger partial charge in [-0.3, -0.25) is 0 Å². The fraction of sp³-hybridized carbons (Fsp3) is 0. The van der Waals surface area contributed by atoms with Crippen molar-refractivity contribution in [2.75, 3.05) is 0 Å². The molecule has 1 heteroatoms. The van der Waals surface area contributed by atoms with Crippen molar-refractivity contribution in [1.82, 2.24) is 0 Å². The van der Waals surface area contributed by atoms with Gasteiger partial charge in [-0.05, 0) is 0 Å². The van der Waals surface area contributed by atoms with E-state index in [9.17, 15) is 0 Å². The zero-order chi connectivity index (χ0) is 14.1. The van der Waals surface area contributed by atoms with Gasteiger partial charge < -0.3 is 1.43 Å². The minimum atomic E-state index is -1.01. The average Bonchev–Trinajstić information content (AvgIpc) is 2.56. The summed E-state index contributed by atoms with van der Waals surface area (Å²) >= 11 is -1.01. The Morgan fingerprint density at radius 1 is 0.476 bits per heavy atom. The molecular weight excluding hydrogens is 355 g/mol. The van der Waals surface area contributed by atoms with E-state index in [1.165, 1.54) is 21.5 Å². The van der Waals surface area contributed by atoms with Gasteiger partial charge in [-0.15, -0.1) is 0 Å². The molecule has 0 fully saturated rings. The van der Waals surface area contributed by atoms with Gasteiger partial charge in [0.1, 0.15) is 0 Å². The summed E-state index contributed by atoms with van der Waals surface area (Å²) in [5, 5.41) is 5.60. The van der Waals surface area contributed by atoms with Crippen LogP contribution in [0.25, 0.3) is 21.5 Å². The zero-order valence-corrected chi connectivity index (χ0v) is 15.0. The summed E-state index contributed by atoms with van der Waals surface area (Å²) in [6.07, 6.45) is 0. The number of hydrogen-bond donors (Lipinski definition) is 0. The van der Waals surface area contributed by atoms with Crippen LogP contribution in [0.1, 0.15) is 1.43 Å². The summed E-state index contributed by atoms with van der Waals surface area (Å²) < 4.78 is 3.17. The molecule has 0 spiro atoms. The summed E-state index contributed by atoms with van der Waals surface area (Å²) in [6.45, 7) is 0. The van der Waals surface area contributed by atoms with Crippen molar-refractivity contribution in [3.63, 3.8) is 0 Å². The molecule has 4 rings (SSSR count). The van der Waals surface area contributed by atoms with Crippen molar-refractivity contribution in [2.45, 2.75) is 0 Å². The van der Waals surface area contributed by atoms with E-state index in [-0.39, 0.29) is 1.43 Å². The second-order valence-electron chi connectivity index (χ2n) is 5.28. The van der Waals surface area contributed by atoms with E-state index in [2.05, 4.69) is 84.9 Å². The van der Waals surface area contributed by atoms with Crippen molar-refractivity contribution < 1.29 is 1.43 Å². The predicted molar refractivity (Wildman–Crippen MR) is 94.0 cm³/mol. The van der Waals surface area contributed by atoms with Crippen LogP contribution in [0.4, 0.5) is 0 Å². The summed E-state index contributed by atoms with van der Waals surface area (Å²) in [6, 6.07) is 31.0. The Bertz CT molecular complexity index is 843. The molecule has 0 amide bonds. The topological polar surface area (TPSA) is 0 Å². The minimum absolute atomic E-state index is 0. The third-order valence-electron chi connectivity index (χ3n) is 3.96. The maximum atomic E-state index is 2.32. The molecule has 0 radical (unpaired) electrons. The van der Waals surface area contributed by atoms with Crippen LogP contribution in [-0.4, -0.2) is 22.9 Å². The SMILES string of the molecule is [H-].c1ccc2[c]([In+][c]3cccc4ccccc34)cccc2c1. The summed E-state index contributed by atoms with van der Waals surface area (Å²) in [5.41, 5.74) is 0. The Labute approximate surface area is 137 Å². The van der Waals surface area contributed by atoms with Crippen LogP contribution < -0.4 is 6.64 Å². The standard InChI is InChI=1S/2C10H7.In.H/c2*1-2-6-10-8-4-3-7-9(10)5-1;;/h2*1-7H;;/q;;+1;-1. The fourth-order valence-corrected chi connectivity index (χ4v) is 7.45. The van der Waals surface area contributed by atoms with Crippen molar-refractivity contribution in [2.24, 2.45) is 0 Å². The van der Waals surface area contributed by atoms with Gasteiger partial charge in [-0.25, -0.2) is 0 Å². The summed E-state index contributed by atoms with van der Waals surface area (Å²) in [4.78, 5) is 0. The normalized spacial score (nSPS) is 10.7. The third-order valence-corrected chi connectivity index (χ3v) is 8.61. The molecule has 0 unspecified atom stereocenters. The van der Waals surface area contributed by atoms with E-state index >= 15 is 0 Å². The van der Waals surface area contributed by atoms with Gasteiger partial charge in [0.15, 0.2) is 0 Å². The van der Waals surface area contributed by atoms with Gasteiger partial charge in [0.05, 0.1) is 0 Å². The van der Waals surface area contributed by atoms with Crippen LogP contribution in [0.15, 0.2) is 84.9 Å².